The van der Waals surface area contributed by atoms with E-state index >= 15 is 0 Å². The fraction of sp³-hybridized carbons (Fsp3) is 0.444. The highest BCUT2D eigenvalue weighted by molar-refractivity contribution is 6.23. The molecule has 5 nitrogen and oxygen atoms in total. The van der Waals surface area contributed by atoms with Gasteiger partial charge in [0.05, 0.1) is 31.7 Å². The molecule has 0 N–H and O–H groups in total. The summed E-state index contributed by atoms with van der Waals surface area (Å²) in [5.41, 5.74) is 2.89. The zero-order chi connectivity index (χ0) is 16.7. The van der Waals surface area contributed by atoms with Crippen LogP contribution in [-0.4, -0.2) is 26.0 Å². The number of hydrogen-bond donors (Lipinski definition) is 0. The number of hydrogen-bond acceptors (Lipinski definition) is 4. The second-order valence-corrected chi connectivity index (χ2v) is 6.23. The van der Waals surface area contributed by atoms with Gasteiger partial charge >= 0.3 is 0 Å². The molecule has 0 bridgehead atoms. The Kier molecular flexibility index (Phi) is 3.88. The van der Waals surface area contributed by atoms with Crippen molar-refractivity contribution in [1.29, 1.82) is 0 Å². The molecular weight excluding hydrogens is 294 g/mol. The normalized spacial score (nSPS) is 24.1. The zero-order valence-corrected chi connectivity index (χ0v) is 13.9. The SMILES string of the molecule is COc1ccc(OC)c(N2C(=O)[C@@H]3CC(C)=C(C)C[C@H]3C2=O)c1. The molecule has 3 rings (SSSR count). The molecule has 0 aromatic heterocycles. The van der Waals surface area contributed by atoms with Crippen LogP contribution < -0.4 is 14.4 Å². The molecular formula is C18H21NO4. The number of nitrogens with zero attached hydrogens (tertiary/aromatic N) is 1. The van der Waals surface area contributed by atoms with E-state index in [1.54, 1.807) is 25.3 Å². The van der Waals surface area contributed by atoms with E-state index in [-0.39, 0.29) is 23.7 Å². The van der Waals surface area contributed by atoms with Crippen molar-refractivity contribution in [2.75, 3.05) is 19.1 Å². The van der Waals surface area contributed by atoms with Crippen LogP contribution in [0, 0.1) is 11.8 Å². The molecule has 5 heteroatoms. The van der Waals surface area contributed by atoms with Crippen LogP contribution in [0.25, 0.3) is 0 Å². The number of amides is 2. The van der Waals surface area contributed by atoms with E-state index in [1.807, 2.05) is 13.8 Å². The predicted molar refractivity (Wildman–Crippen MR) is 86.6 cm³/mol. The first-order valence-electron chi connectivity index (χ1n) is 7.73. The molecule has 1 aliphatic carbocycles. The summed E-state index contributed by atoms with van der Waals surface area (Å²) in [6.45, 7) is 4.08. The van der Waals surface area contributed by atoms with Crippen molar-refractivity contribution in [3.63, 3.8) is 0 Å². The topological polar surface area (TPSA) is 55.8 Å². The molecule has 0 spiro atoms. The molecule has 2 aliphatic rings. The van der Waals surface area contributed by atoms with Gasteiger partial charge in [-0.05, 0) is 38.8 Å². The standard InChI is InChI=1S/C18H21NO4/c1-10-7-13-14(8-11(10)2)18(21)19(17(13)20)15-9-12(22-3)5-6-16(15)23-4/h5-6,9,13-14H,7-8H2,1-4H3/t13-,14-/m1/s1. The van der Waals surface area contributed by atoms with E-state index in [4.69, 9.17) is 9.47 Å². The first-order chi connectivity index (χ1) is 11.0. The third-order valence-corrected chi connectivity index (χ3v) is 4.97. The molecule has 0 unspecified atom stereocenters. The van der Waals surface area contributed by atoms with Gasteiger partial charge in [-0.2, -0.15) is 0 Å². The van der Waals surface area contributed by atoms with Gasteiger partial charge in [0, 0.05) is 6.07 Å². The van der Waals surface area contributed by atoms with Crippen molar-refractivity contribution >= 4 is 17.5 Å². The van der Waals surface area contributed by atoms with Crippen LogP contribution in [0.2, 0.25) is 0 Å². The Balaban J connectivity index is 2.03. The van der Waals surface area contributed by atoms with E-state index < -0.39 is 0 Å². The molecule has 23 heavy (non-hydrogen) atoms. The maximum atomic E-state index is 12.9. The molecule has 0 saturated carbocycles. The number of carbonyl (C=O) groups excluding carboxylic acids is 2. The van der Waals surface area contributed by atoms with Crippen molar-refractivity contribution in [2.45, 2.75) is 26.7 Å². The molecule has 1 heterocycles. The number of ether oxygens (including phenoxy) is 2. The maximum Gasteiger partial charge on any atom is 0.238 e. The Labute approximate surface area is 135 Å². The number of carbonyl (C=O) groups is 2. The Morgan fingerprint density at radius 1 is 0.957 bits per heavy atom. The monoisotopic (exact) mass is 315 g/mol. The van der Waals surface area contributed by atoms with Crippen molar-refractivity contribution < 1.29 is 19.1 Å². The molecule has 0 radical (unpaired) electrons. The van der Waals surface area contributed by atoms with E-state index in [2.05, 4.69) is 0 Å². The van der Waals surface area contributed by atoms with Gasteiger partial charge in [0.15, 0.2) is 0 Å². The van der Waals surface area contributed by atoms with Crippen LogP contribution in [-0.2, 0) is 9.59 Å². The van der Waals surface area contributed by atoms with Crippen LogP contribution in [0.15, 0.2) is 29.3 Å². The smallest absolute Gasteiger partial charge is 0.238 e. The third-order valence-electron chi connectivity index (χ3n) is 4.97. The van der Waals surface area contributed by atoms with Crippen LogP contribution in [0.1, 0.15) is 26.7 Å². The minimum Gasteiger partial charge on any atom is -0.497 e. The fourth-order valence-corrected chi connectivity index (χ4v) is 3.46. The Bertz CT molecular complexity index is 675. The molecule has 1 aromatic carbocycles. The second-order valence-electron chi connectivity index (χ2n) is 6.23. The van der Waals surface area contributed by atoms with Crippen LogP contribution in [0.4, 0.5) is 5.69 Å². The Morgan fingerprint density at radius 2 is 1.52 bits per heavy atom. The summed E-state index contributed by atoms with van der Waals surface area (Å²) < 4.78 is 10.6. The highest BCUT2D eigenvalue weighted by Crippen LogP contribution is 2.44. The van der Waals surface area contributed by atoms with Gasteiger partial charge in [-0.25, -0.2) is 4.90 Å². The summed E-state index contributed by atoms with van der Waals surface area (Å²) >= 11 is 0. The number of anilines is 1. The summed E-state index contributed by atoms with van der Waals surface area (Å²) in [6.07, 6.45) is 1.31. The van der Waals surface area contributed by atoms with Gasteiger partial charge in [0.25, 0.3) is 0 Å². The highest BCUT2D eigenvalue weighted by Gasteiger charge is 2.50. The maximum absolute atomic E-state index is 12.9. The van der Waals surface area contributed by atoms with Gasteiger partial charge in [-0.15, -0.1) is 0 Å². The molecule has 1 aliphatic heterocycles. The van der Waals surface area contributed by atoms with Crippen molar-refractivity contribution in [3.05, 3.63) is 29.3 Å². The third kappa shape index (κ3) is 2.40. The fourth-order valence-electron chi connectivity index (χ4n) is 3.46. The molecule has 1 fully saturated rings. The lowest BCUT2D eigenvalue weighted by Gasteiger charge is -2.23. The van der Waals surface area contributed by atoms with Gasteiger partial charge < -0.3 is 9.47 Å². The van der Waals surface area contributed by atoms with Crippen molar-refractivity contribution in [3.8, 4) is 11.5 Å². The molecule has 2 amide bonds. The number of methoxy groups -OCH3 is 2. The van der Waals surface area contributed by atoms with Crippen LogP contribution in [0.3, 0.4) is 0 Å². The number of benzene rings is 1. The number of rotatable bonds is 3. The average molecular weight is 315 g/mol. The van der Waals surface area contributed by atoms with E-state index in [1.165, 1.54) is 23.2 Å². The quantitative estimate of drug-likeness (QED) is 0.636. The van der Waals surface area contributed by atoms with E-state index in [0.29, 0.717) is 30.0 Å². The lowest BCUT2D eigenvalue weighted by Crippen LogP contribution is -2.31. The summed E-state index contributed by atoms with van der Waals surface area (Å²) in [6, 6.07) is 5.14. The molecule has 1 aromatic rings. The van der Waals surface area contributed by atoms with Crippen LogP contribution in [0.5, 0.6) is 11.5 Å². The van der Waals surface area contributed by atoms with Gasteiger partial charge in [0.2, 0.25) is 11.8 Å². The number of fused-ring (bicyclic) bond motifs is 1. The van der Waals surface area contributed by atoms with Crippen molar-refractivity contribution in [2.24, 2.45) is 11.8 Å². The first-order valence-corrected chi connectivity index (χ1v) is 7.73. The largest absolute Gasteiger partial charge is 0.497 e. The van der Waals surface area contributed by atoms with Crippen molar-refractivity contribution in [1.82, 2.24) is 0 Å². The first kappa shape index (κ1) is 15.6. The number of allylic oxidation sites excluding steroid dienone is 2. The average Bonchev–Trinajstić information content (AvgIpc) is 2.78. The number of imide groups is 1. The summed E-state index contributed by atoms with van der Waals surface area (Å²) in [7, 11) is 3.08. The lowest BCUT2D eigenvalue weighted by atomic mass is 9.78. The summed E-state index contributed by atoms with van der Waals surface area (Å²) in [5, 5.41) is 0. The minimum absolute atomic E-state index is 0.140. The second kappa shape index (κ2) is 5.72. The van der Waals surface area contributed by atoms with Gasteiger partial charge in [0.1, 0.15) is 11.5 Å². The predicted octanol–water partition coefficient (Wildman–Crippen LogP) is 2.94. The minimum atomic E-state index is -0.262. The van der Waals surface area contributed by atoms with E-state index in [9.17, 15) is 9.59 Å². The summed E-state index contributed by atoms with van der Waals surface area (Å²) in [4.78, 5) is 27.0. The van der Waals surface area contributed by atoms with Gasteiger partial charge in [-0.3, -0.25) is 9.59 Å². The zero-order valence-electron chi connectivity index (χ0n) is 13.9. The van der Waals surface area contributed by atoms with Gasteiger partial charge in [-0.1, -0.05) is 11.1 Å². The Hall–Kier alpha value is -2.30. The van der Waals surface area contributed by atoms with Crippen LogP contribution >= 0.6 is 0 Å². The van der Waals surface area contributed by atoms with E-state index in [0.717, 1.165) is 0 Å². The molecule has 2 atom stereocenters. The summed E-state index contributed by atoms with van der Waals surface area (Å²) in [5.74, 6) is 0.273. The lowest BCUT2D eigenvalue weighted by molar-refractivity contribution is -0.122. The highest BCUT2D eigenvalue weighted by atomic mass is 16.5. The molecule has 1 saturated heterocycles. The Morgan fingerprint density at radius 3 is 2.00 bits per heavy atom. The molecule has 122 valence electrons.